The lowest BCUT2D eigenvalue weighted by Gasteiger charge is -2.49. The number of phenolic OH excluding ortho intramolecular Hbond substituents is 1. The van der Waals surface area contributed by atoms with E-state index >= 15 is 0 Å². The van der Waals surface area contributed by atoms with Gasteiger partial charge >= 0.3 is 6.09 Å². The molecule has 12 heteroatoms. The number of carbonyl (C=O) groups is 5. The van der Waals surface area contributed by atoms with E-state index in [2.05, 4.69) is 4.74 Å². The molecule has 6 unspecified atom stereocenters. The number of phenols is 1. The molecule has 0 bridgehead atoms. The van der Waals surface area contributed by atoms with Gasteiger partial charge in [-0.15, -0.1) is 0 Å². The highest BCUT2D eigenvalue weighted by atomic mass is 35.5. The number of amides is 5. The molecule has 218 valence electrons. The lowest BCUT2D eigenvalue weighted by Crippen LogP contribution is -2.49. The van der Waals surface area contributed by atoms with Crippen LogP contribution in [0.2, 0.25) is 5.02 Å². The van der Waals surface area contributed by atoms with Crippen molar-refractivity contribution in [2.75, 3.05) is 19.1 Å². The molecular formula is C30H26ClFN2O8. The second kappa shape index (κ2) is 9.65. The Morgan fingerprint density at radius 1 is 1.05 bits per heavy atom. The van der Waals surface area contributed by atoms with Crippen LogP contribution in [0.1, 0.15) is 31.2 Å². The number of allylic oxidation sites excluding steroid dienone is 2. The van der Waals surface area contributed by atoms with Crippen LogP contribution in [0.5, 0.6) is 11.5 Å². The number of nitrogens with zero attached hydrogens (tertiary/aromatic N) is 2. The zero-order valence-corrected chi connectivity index (χ0v) is 23.6. The summed E-state index contributed by atoms with van der Waals surface area (Å²) in [5, 5.41) is 10.4. The maximum atomic E-state index is 14.3. The fraction of sp³-hybridized carbons (Fsp3) is 0.367. The van der Waals surface area contributed by atoms with Crippen LogP contribution in [0, 0.1) is 34.9 Å². The van der Waals surface area contributed by atoms with E-state index < -0.39 is 70.5 Å². The minimum absolute atomic E-state index is 0.0478. The molecule has 6 atom stereocenters. The van der Waals surface area contributed by atoms with Crippen molar-refractivity contribution in [1.29, 1.82) is 0 Å². The molecule has 4 aliphatic rings. The van der Waals surface area contributed by atoms with Crippen LogP contribution in [0.25, 0.3) is 0 Å². The Balaban J connectivity index is 1.52. The molecular weight excluding hydrogens is 571 g/mol. The molecule has 2 saturated heterocycles. The highest BCUT2D eigenvalue weighted by Gasteiger charge is 2.68. The quantitative estimate of drug-likeness (QED) is 0.412. The second-order valence-corrected chi connectivity index (χ2v) is 11.6. The summed E-state index contributed by atoms with van der Waals surface area (Å²) in [6.07, 6.45) is 0.907. The molecule has 1 saturated carbocycles. The smallest absolute Gasteiger partial charge is 0.423 e. The molecule has 2 aromatic rings. The summed E-state index contributed by atoms with van der Waals surface area (Å²) in [5.41, 5.74) is -0.131. The summed E-state index contributed by atoms with van der Waals surface area (Å²) < 4.78 is 23.9. The fourth-order valence-electron chi connectivity index (χ4n) is 7.42. The molecule has 0 aromatic heterocycles. The lowest BCUT2D eigenvalue weighted by atomic mass is 9.51. The molecule has 10 nitrogen and oxygen atoms in total. The normalized spacial score (nSPS) is 30.1. The van der Waals surface area contributed by atoms with Crippen LogP contribution in [-0.2, 0) is 23.9 Å². The molecule has 2 heterocycles. The Morgan fingerprint density at radius 2 is 1.79 bits per heavy atom. The average molecular weight is 597 g/mol. The van der Waals surface area contributed by atoms with E-state index in [0.717, 1.165) is 18.1 Å². The monoisotopic (exact) mass is 596 g/mol. The third-order valence-electron chi connectivity index (χ3n) is 9.33. The molecule has 2 aliphatic carbocycles. The number of carbonyl (C=O) groups excluding carboxylic acids is 5. The molecule has 5 amide bonds. The predicted molar refractivity (Wildman–Crippen MR) is 145 cm³/mol. The number of fused-ring (bicyclic) bond motifs is 4. The van der Waals surface area contributed by atoms with Crippen molar-refractivity contribution in [3.05, 3.63) is 64.5 Å². The van der Waals surface area contributed by atoms with Crippen LogP contribution >= 0.6 is 11.6 Å². The number of anilines is 1. The number of likely N-dealkylation sites (tertiary alicyclic amines) is 1. The summed E-state index contributed by atoms with van der Waals surface area (Å²) >= 11 is 6.00. The number of methoxy groups -OCH3 is 2. The van der Waals surface area contributed by atoms with E-state index in [0.29, 0.717) is 16.0 Å². The van der Waals surface area contributed by atoms with E-state index in [1.165, 1.54) is 25.3 Å². The van der Waals surface area contributed by atoms with Crippen LogP contribution < -0.4 is 9.64 Å². The SMILES string of the molecule is COC(=O)N1C(=O)C2CC=C3C(CC4C(=O)N(c5ccc(F)c(Cl)c5)C(=O)C4(C)C3c3ccc(OC)c(O)c3)C2C1=O. The number of aromatic hydroxyl groups is 1. The number of imide groups is 4. The summed E-state index contributed by atoms with van der Waals surface area (Å²) in [6.45, 7) is 1.67. The number of halogens is 2. The summed E-state index contributed by atoms with van der Waals surface area (Å²) in [6, 6.07) is 8.25. The third kappa shape index (κ3) is 3.65. The Labute approximate surface area is 244 Å². The standard InChI is InChI=1S/C30H26ClFN2O8/c1-30-18(26(37)33(28(30)39)14-5-8-20(32)19(31)11-14)12-17-15(24(30)13-4-9-22(41-2)21(35)10-13)6-7-16-23(17)27(38)34(25(16)36)29(40)42-3/h4-6,8-11,16-18,23-24,35H,7,12H2,1-3H3. The van der Waals surface area contributed by atoms with Gasteiger partial charge < -0.3 is 14.6 Å². The average Bonchev–Trinajstić information content (AvgIpc) is 3.33. The highest BCUT2D eigenvalue weighted by Crippen LogP contribution is 2.64. The van der Waals surface area contributed by atoms with Crippen molar-refractivity contribution in [1.82, 2.24) is 4.90 Å². The van der Waals surface area contributed by atoms with E-state index in [9.17, 15) is 33.5 Å². The molecule has 2 aromatic carbocycles. The van der Waals surface area contributed by atoms with Gasteiger partial charge in [0.2, 0.25) is 23.6 Å². The Bertz CT molecular complexity index is 1620. The van der Waals surface area contributed by atoms with E-state index in [-0.39, 0.29) is 35.1 Å². The van der Waals surface area contributed by atoms with Gasteiger partial charge in [-0.05, 0) is 61.6 Å². The molecule has 42 heavy (non-hydrogen) atoms. The summed E-state index contributed by atoms with van der Waals surface area (Å²) in [7, 11) is 2.47. The van der Waals surface area contributed by atoms with Crippen molar-refractivity contribution in [3.8, 4) is 11.5 Å². The molecule has 0 spiro atoms. The van der Waals surface area contributed by atoms with Gasteiger partial charge in [0.15, 0.2) is 11.5 Å². The Morgan fingerprint density at radius 3 is 2.43 bits per heavy atom. The minimum Gasteiger partial charge on any atom is -0.504 e. The maximum Gasteiger partial charge on any atom is 0.423 e. The molecule has 6 rings (SSSR count). The predicted octanol–water partition coefficient (Wildman–Crippen LogP) is 4.19. The second-order valence-electron chi connectivity index (χ2n) is 11.2. The van der Waals surface area contributed by atoms with Crippen molar-refractivity contribution in [2.24, 2.45) is 29.1 Å². The number of ether oxygens (including phenoxy) is 2. The molecule has 1 N–H and O–H groups in total. The van der Waals surface area contributed by atoms with Gasteiger partial charge in [0.1, 0.15) is 5.82 Å². The van der Waals surface area contributed by atoms with E-state index in [1.54, 1.807) is 25.1 Å². The Kier molecular flexibility index (Phi) is 6.41. The van der Waals surface area contributed by atoms with E-state index in [1.807, 2.05) is 0 Å². The summed E-state index contributed by atoms with van der Waals surface area (Å²) in [4.78, 5) is 69.0. The zero-order valence-electron chi connectivity index (χ0n) is 22.8. The molecule has 0 radical (unpaired) electrons. The first-order valence-corrected chi connectivity index (χ1v) is 13.7. The van der Waals surface area contributed by atoms with Gasteiger partial charge in [-0.2, -0.15) is 4.90 Å². The van der Waals surface area contributed by atoms with Crippen LogP contribution in [-0.4, -0.2) is 53.9 Å². The van der Waals surface area contributed by atoms with Gasteiger partial charge in [-0.3, -0.25) is 19.2 Å². The van der Waals surface area contributed by atoms with Crippen molar-refractivity contribution < 1.29 is 42.9 Å². The van der Waals surface area contributed by atoms with Crippen molar-refractivity contribution in [2.45, 2.75) is 25.7 Å². The largest absolute Gasteiger partial charge is 0.504 e. The fourth-order valence-corrected chi connectivity index (χ4v) is 7.60. The van der Waals surface area contributed by atoms with Gasteiger partial charge in [0.05, 0.1) is 48.1 Å². The van der Waals surface area contributed by atoms with Crippen LogP contribution in [0.3, 0.4) is 0 Å². The number of benzene rings is 2. The van der Waals surface area contributed by atoms with E-state index in [4.69, 9.17) is 16.3 Å². The number of hydrogen-bond donors (Lipinski definition) is 1. The first-order chi connectivity index (χ1) is 19.9. The highest BCUT2D eigenvalue weighted by molar-refractivity contribution is 6.31. The van der Waals surface area contributed by atoms with Crippen molar-refractivity contribution >= 4 is 47.0 Å². The number of rotatable bonds is 3. The first-order valence-electron chi connectivity index (χ1n) is 13.3. The molecule has 2 aliphatic heterocycles. The topological polar surface area (TPSA) is 131 Å². The van der Waals surface area contributed by atoms with Crippen LogP contribution in [0.15, 0.2) is 48.0 Å². The first kappa shape index (κ1) is 27.9. The summed E-state index contributed by atoms with van der Waals surface area (Å²) in [5.74, 6) is -7.41. The van der Waals surface area contributed by atoms with Gasteiger partial charge in [0, 0.05) is 5.92 Å². The zero-order chi connectivity index (χ0) is 30.2. The Hall–Kier alpha value is -4.25. The maximum absolute atomic E-state index is 14.3. The van der Waals surface area contributed by atoms with Gasteiger partial charge in [-0.1, -0.05) is 29.3 Å². The third-order valence-corrected chi connectivity index (χ3v) is 9.62. The minimum atomic E-state index is -1.39. The molecule has 3 fully saturated rings. The van der Waals surface area contributed by atoms with Gasteiger partial charge in [0.25, 0.3) is 0 Å². The van der Waals surface area contributed by atoms with Gasteiger partial charge in [-0.25, -0.2) is 14.1 Å². The lowest BCUT2D eigenvalue weighted by molar-refractivity contribution is -0.138. The van der Waals surface area contributed by atoms with Crippen molar-refractivity contribution in [3.63, 3.8) is 0 Å². The van der Waals surface area contributed by atoms with Crippen LogP contribution in [0.4, 0.5) is 14.9 Å². The number of hydrogen-bond acceptors (Lipinski definition) is 8.